The molecule has 2 aromatic rings. The smallest absolute Gasteiger partial charge is 0.272 e. The van der Waals surface area contributed by atoms with E-state index in [1.165, 1.54) is 24.2 Å². The molecule has 1 heterocycles. The monoisotopic (exact) mass is 361 g/mol. The number of carbonyl (C=O) groups excluding carboxylic acids is 1. The van der Waals surface area contributed by atoms with Gasteiger partial charge in [0.25, 0.3) is 5.91 Å². The highest BCUT2D eigenvalue weighted by molar-refractivity contribution is 9.10. The zero-order chi connectivity index (χ0) is 15.6. The predicted molar refractivity (Wildman–Crippen MR) is 85.5 cm³/mol. The third kappa shape index (κ3) is 3.03. The predicted octanol–water partition coefficient (Wildman–Crippen LogP) is 1.89. The summed E-state index contributed by atoms with van der Waals surface area (Å²) in [6, 6.07) is 6.12. The van der Waals surface area contributed by atoms with E-state index < -0.39 is 5.54 Å². The molecular weight excluding hydrogens is 346 g/mol. The molecule has 1 amide bonds. The number of fused-ring (bicyclic) bond motifs is 1. The van der Waals surface area contributed by atoms with Crippen molar-refractivity contribution in [2.45, 2.75) is 24.8 Å². The highest BCUT2D eigenvalue weighted by atomic mass is 79.9. The van der Waals surface area contributed by atoms with Gasteiger partial charge in [0.15, 0.2) is 0 Å². The number of hydrogen-bond donors (Lipinski definition) is 2. The van der Waals surface area contributed by atoms with Crippen molar-refractivity contribution in [3.8, 4) is 0 Å². The van der Waals surface area contributed by atoms with E-state index in [1.54, 1.807) is 0 Å². The average Bonchev–Trinajstić information content (AvgIpc) is 2.56. The average molecular weight is 362 g/mol. The summed E-state index contributed by atoms with van der Waals surface area (Å²) in [4.78, 5) is 20.2. The van der Waals surface area contributed by atoms with Crippen molar-refractivity contribution < 1.29 is 9.90 Å². The Hall–Kier alpha value is -1.79. The molecule has 0 saturated heterocycles. The van der Waals surface area contributed by atoms with Crippen LogP contribution in [0.25, 0.3) is 0 Å². The molecular formula is C16H16BrN3O2. The number of nitrogens with one attached hydrogen (secondary N) is 1. The maximum absolute atomic E-state index is 12.3. The van der Waals surface area contributed by atoms with Crippen LogP contribution in [-0.2, 0) is 12.8 Å². The number of rotatable bonds is 3. The second-order valence-corrected chi connectivity index (χ2v) is 6.49. The first-order valence-electron chi connectivity index (χ1n) is 7.09. The van der Waals surface area contributed by atoms with Crippen molar-refractivity contribution >= 4 is 21.8 Å². The summed E-state index contributed by atoms with van der Waals surface area (Å²) < 4.78 is 1.05. The zero-order valence-corrected chi connectivity index (χ0v) is 13.5. The highest BCUT2D eigenvalue weighted by Crippen LogP contribution is 2.30. The van der Waals surface area contributed by atoms with Gasteiger partial charge in [-0.1, -0.05) is 22.0 Å². The molecule has 114 valence electrons. The quantitative estimate of drug-likeness (QED) is 0.875. The largest absolute Gasteiger partial charge is 0.394 e. The number of carbonyl (C=O) groups is 1. The molecule has 5 nitrogen and oxygen atoms in total. The van der Waals surface area contributed by atoms with Gasteiger partial charge in [0.05, 0.1) is 18.3 Å². The molecule has 1 aromatic carbocycles. The number of aromatic nitrogens is 2. The van der Waals surface area contributed by atoms with Gasteiger partial charge < -0.3 is 10.4 Å². The van der Waals surface area contributed by atoms with Gasteiger partial charge in [0.1, 0.15) is 5.69 Å². The molecule has 3 rings (SSSR count). The standard InChI is InChI=1S/C16H16BrN3O2/c17-13-2-1-12-8-16(10-21,4-3-11(12)7-13)20-15(22)14-9-18-5-6-19-14/h1-2,5-7,9,21H,3-4,8,10H2,(H,20,22). The minimum Gasteiger partial charge on any atom is -0.394 e. The van der Waals surface area contributed by atoms with Crippen molar-refractivity contribution in [2.75, 3.05) is 6.61 Å². The van der Waals surface area contributed by atoms with Crippen LogP contribution in [0.2, 0.25) is 0 Å². The van der Waals surface area contributed by atoms with Crippen LogP contribution >= 0.6 is 15.9 Å². The fourth-order valence-corrected chi connectivity index (χ4v) is 3.24. The number of halogens is 1. The molecule has 6 heteroatoms. The Labute approximate surface area is 136 Å². The Balaban J connectivity index is 1.82. The Morgan fingerprint density at radius 2 is 2.23 bits per heavy atom. The Morgan fingerprint density at radius 1 is 1.36 bits per heavy atom. The number of benzene rings is 1. The summed E-state index contributed by atoms with van der Waals surface area (Å²) >= 11 is 3.47. The van der Waals surface area contributed by atoms with Crippen molar-refractivity contribution in [1.82, 2.24) is 15.3 Å². The van der Waals surface area contributed by atoms with E-state index >= 15 is 0 Å². The lowest BCUT2D eigenvalue weighted by Gasteiger charge is -2.37. The number of amides is 1. The fraction of sp³-hybridized carbons (Fsp3) is 0.312. The molecule has 1 aromatic heterocycles. The van der Waals surface area contributed by atoms with Crippen molar-refractivity contribution in [3.05, 3.63) is 58.1 Å². The van der Waals surface area contributed by atoms with Gasteiger partial charge in [-0.3, -0.25) is 9.78 Å². The van der Waals surface area contributed by atoms with Gasteiger partial charge >= 0.3 is 0 Å². The van der Waals surface area contributed by atoms with Gasteiger partial charge in [-0.05, 0) is 42.5 Å². The van der Waals surface area contributed by atoms with Crippen LogP contribution in [0.1, 0.15) is 28.0 Å². The van der Waals surface area contributed by atoms with E-state index in [0.29, 0.717) is 12.8 Å². The van der Waals surface area contributed by atoms with Crippen LogP contribution in [0.3, 0.4) is 0 Å². The third-order valence-electron chi connectivity index (χ3n) is 4.05. The molecule has 2 N–H and O–H groups in total. The number of aliphatic hydroxyl groups is 1. The normalized spacial score (nSPS) is 20.3. The SMILES string of the molecule is O=C(NC1(CO)CCc2cc(Br)ccc2C1)c1cnccn1. The lowest BCUT2D eigenvalue weighted by Crippen LogP contribution is -2.55. The number of aliphatic hydroxyl groups excluding tert-OH is 1. The lowest BCUT2D eigenvalue weighted by atomic mass is 9.78. The molecule has 0 fully saturated rings. The van der Waals surface area contributed by atoms with E-state index in [9.17, 15) is 9.90 Å². The maximum Gasteiger partial charge on any atom is 0.272 e. The molecule has 1 unspecified atom stereocenters. The molecule has 1 atom stereocenters. The zero-order valence-electron chi connectivity index (χ0n) is 11.9. The molecule has 0 aliphatic heterocycles. The van der Waals surface area contributed by atoms with Crippen LogP contribution in [0.15, 0.2) is 41.3 Å². The van der Waals surface area contributed by atoms with Crippen LogP contribution in [0.4, 0.5) is 0 Å². The molecule has 0 radical (unpaired) electrons. The van der Waals surface area contributed by atoms with E-state index in [-0.39, 0.29) is 18.2 Å². The van der Waals surface area contributed by atoms with E-state index in [4.69, 9.17) is 0 Å². The summed E-state index contributed by atoms with van der Waals surface area (Å²) in [5.41, 5.74) is 2.03. The van der Waals surface area contributed by atoms with Gasteiger partial charge in [0, 0.05) is 16.9 Å². The van der Waals surface area contributed by atoms with Crippen LogP contribution < -0.4 is 5.32 Å². The first-order chi connectivity index (χ1) is 10.6. The van der Waals surface area contributed by atoms with E-state index in [1.807, 2.05) is 12.1 Å². The van der Waals surface area contributed by atoms with Crippen molar-refractivity contribution in [1.29, 1.82) is 0 Å². The number of nitrogens with zero attached hydrogens (tertiary/aromatic N) is 2. The summed E-state index contributed by atoms with van der Waals surface area (Å²) in [5.74, 6) is -0.303. The summed E-state index contributed by atoms with van der Waals surface area (Å²) in [5, 5.41) is 12.8. The lowest BCUT2D eigenvalue weighted by molar-refractivity contribution is 0.0803. The fourth-order valence-electron chi connectivity index (χ4n) is 2.83. The summed E-state index contributed by atoms with van der Waals surface area (Å²) in [7, 11) is 0. The molecule has 22 heavy (non-hydrogen) atoms. The maximum atomic E-state index is 12.3. The van der Waals surface area contributed by atoms with E-state index in [2.05, 4.69) is 37.3 Å². The van der Waals surface area contributed by atoms with Crippen LogP contribution in [0, 0.1) is 0 Å². The van der Waals surface area contributed by atoms with Gasteiger partial charge in [-0.25, -0.2) is 4.98 Å². The molecule has 0 bridgehead atoms. The topological polar surface area (TPSA) is 75.1 Å². The van der Waals surface area contributed by atoms with E-state index in [0.717, 1.165) is 16.5 Å². The number of hydrogen-bond acceptors (Lipinski definition) is 4. The summed E-state index contributed by atoms with van der Waals surface area (Å²) in [6.07, 6.45) is 6.54. The molecule has 0 saturated carbocycles. The first-order valence-corrected chi connectivity index (χ1v) is 7.88. The van der Waals surface area contributed by atoms with Crippen LogP contribution in [0.5, 0.6) is 0 Å². The van der Waals surface area contributed by atoms with Gasteiger partial charge in [-0.15, -0.1) is 0 Å². The Kier molecular flexibility index (Phi) is 4.22. The second kappa shape index (κ2) is 6.14. The van der Waals surface area contributed by atoms with Crippen LogP contribution in [-0.4, -0.2) is 33.1 Å². The van der Waals surface area contributed by atoms with Gasteiger partial charge in [0.2, 0.25) is 0 Å². The second-order valence-electron chi connectivity index (χ2n) is 5.57. The van der Waals surface area contributed by atoms with Gasteiger partial charge in [-0.2, -0.15) is 0 Å². The Morgan fingerprint density at radius 3 is 2.95 bits per heavy atom. The minimum absolute atomic E-state index is 0.103. The summed E-state index contributed by atoms with van der Waals surface area (Å²) in [6.45, 7) is -0.103. The first kappa shape index (κ1) is 15.1. The van der Waals surface area contributed by atoms with Crippen molar-refractivity contribution in [2.24, 2.45) is 0 Å². The third-order valence-corrected chi connectivity index (χ3v) is 4.54. The minimum atomic E-state index is -0.643. The molecule has 1 aliphatic carbocycles. The molecule has 1 aliphatic rings. The highest BCUT2D eigenvalue weighted by Gasteiger charge is 2.35. The Bertz CT molecular complexity index is 693. The molecule has 0 spiro atoms. The van der Waals surface area contributed by atoms with Crippen molar-refractivity contribution in [3.63, 3.8) is 0 Å². The number of aryl methyl sites for hydroxylation is 1.